The maximum atomic E-state index is 12.8. The molecular formula is C20H20N2O2. The fraction of sp³-hybridized carbons (Fsp3) is 0.200. The topological polar surface area (TPSA) is 41.9 Å². The summed E-state index contributed by atoms with van der Waals surface area (Å²) >= 11 is 0. The van der Waals surface area contributed by atoms with Gasteiger partial charge >= 0.3 is 0 Å². The SMILES string of the molecule is C=C(C)C1(OC)CC(C(=O)c2ccccc2)=NN1c1ccccc1. The van der Waals surface area contributed by atoms with Crippen molar-refractivity contribution in [2.45, 2.75) is 19.1 Å². The number of hydrogen-bond acceptors (Lipinski definition) is 4. The molecule has 3 rings (SSSR count). The molecule has 4 nitrogen and oxygen atoms in total. The highest BCUT2D eigenvalue weighted by Crippen LogP contribution is 2.38. The van der Waals surface area contributed by atoms with Crippen molar-refractivity contribution in [2.75, 3.05) is 12.1 Å². The molecular weight excluding hydrogens is 300 g/mol. The van der Waals surface area contributed by atoms with Crippen molar-refractivity contribution in [2.24, 2.45) is 5.10 Å². The zero-order chi connectivity index (χ0) is 17.2. The van der Waals surface area contributed by atoms with Crippen LogP contribution in [0.25, 0.3) is 0 Å². The van der Waals surface area contributed by atoms with Gasteiger partial charge in [0.15, 0.2) is 5.72 Å². The molecule has 0 N–H and O–H groups in total. The smallest absolute Gasteiger partial charge is 0.209 e. The lowest BCUT2D eigenvalue weighted by Crippen LogP contribution is -2.45. The van der Waals surface area contributed by atoms with E-state index in [2.05, 4.69) is 11.7 Å². The van der Waals surface area contributed by atoms with Gasteiger partial charge < -0.3 is 4.74 Å². The van der Waals surface area contributed by atoms with E-state index in [1.54, 1.807) is 24.3 Å². The average molecular weight is 320 g/mol. The molecule has 0 spiro atoms. The van der Waals surface area contributed by atoms with Gasteiger partial charge in [-0.2, -0.15) is 5.10 Å². The molecule has 2 aromatic rings. The summed E-state index contributed by atoms with van der Waals surface area (Å²) < 4.78 is 5.80. The lowest BCUT2D eigenvalue weighted by Gasteiger charge is -2.36. The van der Waals surface area contributed by atoms with Crippen LogP contribution < -0.4 is 5.01 Å². The highest BCUT2D eigenvalue weighted by atomic mass is 16.5. The molecule has 122 valence electrons. The minimum atomic E-state index is -0.846. The minimum absolute atomic E-state index is 0.0864. The number of carbonyl (C=O) groups is 1. The second kappa shape index (κ2) is 6.42. The van der Waals surface area contributed by atoms with Crippen molar-refractivity contribution in [3.05, 3.63) is 78.4 Å². The number of benzene rings is 2. The van der Waals surface area contributed by atoms with Crippen molar-refractivity contribution in [3.63, 3.8) is 0 Å². The number of ether oxygens (including phenoxy) is 1. The van der Waals surface area contributed by atoms with Crippen LogP contribution in [-0.4, -0.2) is 24.3 Å². The third kappa shape index (κ3) is 2.65. The van der Waals surface area contributed by atoms with E-state index in [-0.39, 0.29) is 5.78 Å². The van der Waals surface area contributed by atoms with Crippen LogP contribution in [-0.2, 0) is 4.74 Å². The number of ketones is 1. The number of para-hydroxylation sites is 1. The molecule has 1 aliphatic rings. The van der Waals surface area contributed by atoms with E-state index >= 15 is 0 Å². The molecule has 0 saturated heterocycles. The third-order valence-electron chi connectivity index (χ3n) is 4.27. The molecule has 0 saturated carbocycles. The Kier molecular flexibility index (Phi) is 4.32. The summed E-state index contributed by atoms with van der Waals surface area (Å²) in [7, 11) is 1.62. The van der Waals surface area contributed by atoms with Gasteiger partial charge in [-0.25, -0.2) is 5.01 Å². The van der Waals surface area contributed by atoms with Gasteiger partial charge in [0.1, 0.15) is 5.71 Å². The summed E-state index contributed by atoms with van der Waals surface area (Å²) in [6.45, 7) is 5.96. The molecule has 2 aromatic carbocycles. The Labute approximate surface area is 142 Å². The number of carbonyl (C=O) groups excluding carboxylic acids is 1. The summed E-state index contributed by atoms with van der Waals surface area (Å²) in [5.41, 5.74) is 1.90. The van der Waals surface area contributed by atoms with E-state index in [9.17, 15) is 4.79 Å². The first-order valence-corrected chi connectivity index (χ1v) is 7.82. The van der Waals surface area contributed by atoms with Gasteiger partial charge in [0.25, 0.3) is 0 Å². The highest BCUT2D eigenvalue weighted by molar-refractivity contribution is 6.46. The van der Waals surface area contributed by atoms with Gasteiger partial charge in [-0.1, -0.05) is 55.1 Å². The molecule has 0 aromatic heterocycles. The summed E-state index contributed by atoms with van der Waals surface area (Å²) in [4.78, 5) is 12.8. The molecule has 1 atom stereocenters. The molecule has 0 bridgehead atoms. The van der Waals surface area contributed by atoms with Gasteiger partial charge in [0.05, 0.1) is 5.69 Å². The third-order valence-corrected chi connectivity index (χ3v) is 4.27. The van der Waals surface area contributed by atoms with Gasteiger partial charge in [0.2, 0.25) is 5.78 Å². The Morgan fingerprint density at radius 2 is 1.71 bits per heavy atom. The number of methoxy groups -OCH3 is 1. The van der Waals surface area contributed by atoms with Crippen molar-refractivity contribution >= 4 is 17.2 Å². The summed E-state index contributed by atoms with van der Waals surface area (Å²) in [5, 5.41) is 6.35. The van der Waals surface area contributed by atoms with Crippen LogP contribution in [0, 0.1) is 0 Å². The van der Waals surface area contributed by atoms with Gasteiger partial charge in [-0.15, -0.1) is 0 Å². The van der Waals surface area contributed by atoms with Crippen LogP contribution in [0.1, 0.15) is 23.7 Å². The predicted octanol–water partition coefficient (Wildman–Crippen LogP) is 4.05. The Morgan fingerprint density at radius 3 is 2.25 bits per heavy atom. The van der Waals surface area contributed by atoms with E-state index in [4.69, 9.17) is 4.74 Å². The van der Waals surface area contributed by atoms with Crippen LogP contribution in [0.2, 0.25) is 0 Å². The number of Topliss-reactive ketones (excluding diaryl/α,β-unsaturated/α-hetero) is 1. The second-order valence-corrected chi connectivity index (χ2v) is 5.83. The maximum Gasteiger partial charge on any atom is 0.209 e. The molecule has 24 heavy (non-hydrogen) atoms. The fourth-order valence-corrected chi connectivity index (χ4v) is 2.92. The lowest BCUT2D eigenvalue weighted by molar-refractivity contribution is 0.0325. The lowest BCUT2D eigenvalue weighted by atomic mass is 9.95. The molecule has 0 amide bonds. The first-order chi connectivity index (χ1) is 11.6. The van der Waals surface area contributed by atoms with E-state index in [1.807, 2.05) is 55.5 Å². The molecule has 0 radical (unpaired) electrons. The highest BCUT2D eigenvalue weighted by Gasteiger charge is 2.46. The van der Waals surface area contributed by atoms with Crippen molar-refractivity contribution < 1.29 is 9.53 Å². The average Bonchev–Trinajstić information content (AvgIpc) is 3.04. The van der Waals surface area contributed by atoms with Gasteiger partial charge in [0, 0.05) is 19.1 Å². The molecule has 1 heterocycles. The number of rotatable bonds is 5. The summed E-state index contributed by atoms with van der Waals surface area (Å²) in [5.74, 6) is -0.0864. The van der Waals surface area contributed by atoms with Crippen LogP contribution in [0.5, 0.6) is 0 Å². The first-order valence-electron chi connectivity index (χ1n) is 7.82. The van der Waals surface area contributed by atoms with Crippen molar-refractivity contribution in [1.82, 2.24) is 0 Å². The molecule has 0 fully saturated rings. The summed E-state index contributed by atoms with van der Waals surface area (Å²) in [6, 6.07) is 18.9. The Balaban J connectivity index is 2.04. The molecule has 4 heteroatoms. The van der Waals surface area contributed by atoms with Crippen molar-refractivity contribution in [3.8, 4) is 0 Å². The van der Waals surface area contributed by atoms with E-state index in [0.29, 0.717) is 17.7 Å². The normalized spacial score (nSPS) is 19.9. The van der Waals surface area contributed by atoms with Crippen LogP contribution >= 0.6 is 0 Å². The maximum absolute atomic E-state index is 12.8. The number of hydrazone groups is 1. The zero-order valence-corrected chi connectivity index (χ0v) is 13.9. The molecule has 1 aliphatic heterocycles. The van der Waals surface area contributed by atoms with Crippen LogP contribution in [0.3, 0.4) is 0 Å². The van der Waals surface area contributed by atoms with Crippen molar-refractivity contribution in [1.29, 1.82) is 0 Å². The Morgan fingerprint density at radius 1 is 1.12 bits per heavy atom. The number of hydrogen-bond donors (Lipinski definition) is 0. The van der Waals surface area contributed by atoms with E-state index in [0.717, 1.165) is 11.3 Å². The Bertz CT molecular complexity index is 784. The number of anilines is 1. The number of nitrogens with zero attached hydrogens (tertiary/aromatic N) is 2. The molecule has 0 aliphatic carbocycles. The quantitative estimate of drug-likeness (QED) is 0.616. The van der Waals surface area contributed by atoms with E-state index in [1.165, 1.54) is 0 Å². The predicted molar refractivity (Wildman–Crippen MR) is 96.3 cm³/mol. The molecule has 1 unspecified atom stereocenters. The monoisotopic (exact) mass is 320 g/mol. The van der Waals surface area contributed by atoms with Gasteiger partial charge in [-0.3, -0.25) is 4.79 Å². The first kappa shape index (κ1) is 16.1. The fourth-order valence-electron chi connectivity index (χ4n) is 2.92. The second-order valence-electron chi connectivity index (χ2n) is 5.83. The standard InChI is InChI=1S/C20H20N2O2/c1-15(2)20(24-3)14-18(19(23)16-10-6-4-7-11-16)21-22(20)17-12-8-5-9-13-17/h4-13H,1,14H2,2-3H3. The zero-order valence-electron chi connectivity index (χ0n) is 13.9. The largest absolute Gasteiger partial charge is 0.353 e. The van der Waals surface area contributed by atoms with E-state index < -0.39 is 5.72 Å². The Hall–Kier alpha value is -2.72. The summed E-state index contributed by atoms with van der Waals surface area (Å²) in [6.07, 6.45) is 0.363. The van der Waals surface area contributed by atoms with Crippen LogP contribution in [0.4, 0.5) is 5.69 Å². The van der Waals surface area contributed by atoms with Gasteiger partial charge in [-0.05, 0) is 24.6 Å². The minimum Gasteiger partial charge on any atom is -0.353 e. The van der Waals surface area contributed by atoms with Crippen LogP contribution in [0.15, 0.2) is 77.9 Å².